The Morgan fingerprint density at radius 3 is 2.58 bits per heavy atom. The van der Waals surface area contributed by atoms with Gasteiger partial charge in [-0.05, 0) is 35.3 Å². The smallest absolute Gasteiger partial charge is 0.259 e. The average Bonchev–Trinajstić information content (AvgIpc) is 2.73. The Hall–Kier alpha value is -2.71. The highest BCUT2D eigenvalue weighted by Crippen LogP contribution is 2.40. The SMILES string of the molecule is CNC(=O)c1cc(Cl)ncc1NC(=O)C1(c2ccccc2C(C)C)CN(C(=S)OC)C1. The van der Waals surface area contributed by atoms with Gasteiger partial charge in [0.05, 0.1) is 24.6 Å². The topological polar surface area (TPSA) is 83.6 Å². The summed E-state index contributed by atoms with van der Waals surface area (Å²) in [4.78, 5) is 31.9. The number of carbonyl (C=O) groups is 2. The quantitative estimate of drug-likeness (QED) is 0.526. The molecule has 1 aliphatic heterocycles. The highest BCUT2D eigenvalue weighted by Gasteiger charge is 2.53. The Bertz CT molecular complexity index is 1020. The fraction of sp³-hybridized carbons (Fsp3) is 0.364. The Labute approximate surface area is 192 Å². The van der Waals surface area contributed by atoms with Crippen LogP contribution in [0.25, 0.3) is 0 Å². The van der Waals surface area contributed by atoms with Crippen molar-refractivity contribution in [1.29, 1.82) is 0 Å². The molecule has 0 saturated carbocycles. The van der Waals surface area contributed by atoms with E-state index in [0.29, 0.717) is 24.0 Å². The van der Waals surface area contributed by atoms with E-state index in [9.17, 15) is 9.59 Å². The molecular weight excluding hydrogens is 436 g/mol. The van der Waals surface area contributed by atoms with Gasteiger partial charge in [0.15, 0.2) is 0 Å². The van der Waals surface area contributed by atoms with Crippen LogP contribution in [0, 0.1) is 0 Å². The van der Waals surface area contributed by atoms with Crippen LogP contribution in [0.5, 0.6) is 0 Å². The number of carbonyl (C=O) groups excluding carboxylic acids is 2. The van der Waals surface area contributed by atoms with E-state index >= 15 is 0 Å². The lowest BCUT2D eigenvalue weighted by Gasteiger charge is -2.50. The molecule has 0 unspecified atom stereocenters. The molecular formula is C22H25ClN4O3S. The van der Waals surface area contributed by atoms with Gasteiger partial charge in [-0.2, -0.15) is 0 Å². The fourth-order valence-corrected chi connectivity index (χ4v) is 4.12. The van der Waals surface area contributed by atoms with Crippen LogP contribution in [0.1, 0.15) is 41.3 Å². The number of hydrogen-bond donors (Lipinski definition) is 2. The molecule has 31 heavy (non-hydrogen) atoms. The van der Waals surface area contributed by atoms with E-state index in [-0.39, 0.29) is 28.4 Å². The first kappa shape index (κ1) is 23.0. The summed E-state index contributed by atoms with van der Waals surface area (Å²) < 4.78 is 5.19. The van der Waals surface area contributed by atoms with Crippen molar-refractivity contribution >= 4 is 46.5 Å². The number of nitrogens with one attached hydrogen (secondary N) is 2. The van der Waals surface area contributed by atoms with Gasteiger partial charge >= 0.3 is 0 Å². The molecule has 3 rings (SSSR count). The van der Waals surface area contributed by atoms with Gasteiger partial charge in [0.1, 0.15) is 10.6 Å². The number of hydrogen-bond acceptors (Lipinski definition) is 5. The summed E-state index contributed by atoms with van der Waals surface area (Å²) in [6.07, 6.45) is 1.39. The molecule has 0 radical (unpaired) electrons. The zero-order valence-electron chi connectivity index (χ0n) is 17.9. The number of amides is 2. The number of ether oxygens (including phenoxy) is 1. The number of benzene rings is 1. The van der Waals surface area contributed by atoms with Crippen molar-refractivity contribution in [2.24, 2.45) is 0 Å². The monoisotopic (exact) mass is 460 g/mol. The molecule has 1 saturated heterocycles. The molecule has 2 N–H and O–H groups in total. The lowest BCUT2D eigenvalue weighted by Crippen LogP contribution is -2.66. The molecule has 2 heterocycles. The van der Waals surface area contributed by atoms with Crippen molar-refractivity contribution in [3.05, 3.63) is 58.4 Å². The Kier molecular flexibility index (Phi) is 6.81. The molecule has 0 aliphatic carbocycles. The van der Waals surface area contributed by atoms with Gasteiger partial charge in [-0.25, -0.2) is 4.98 Å². The van der Waals surface area contributed by atoms with Crippen molar-refractivity contribution in [1.82, 2.24) is 15.2 Å². The number of halogens is 1. The van der Waals surface area contributed by atoms with Gasteiger partial charge in [-0.15, -0.1) is 0 Å². The average molecular weight is 461 g/mol. The Balaban J connectivity index is 2.02. The fourth-order valence-electron chi connectivity index (χ4n) is 3.83. The molecule has 1 aliphatic rings. The van der Waals surface area contributed by atoms with Crippen LogP contribution in [-0.4, -0.2) is 54.1 Å². The molecule has 9 heteroatoms. The minimum Gasteiger partial charge on any atom is -0.474 e. The second-order valence-corrected chi connectivity index (χ2v) is 8.47. The highest BCUT2D eigenvalue weighted by molar-refractivity contribution is 7.80. The van der Waals surface area contributed by atoms with Gasteiger partial charge in [0, 0.05) is 20.1 Å². The summed E-state index contributed by atoms with van der Waals surface area (Å²) in [7, 11) is 3.03. The predicted molar refractivity (Wildman–Crippen MR) is 125 cm³/mol. The van der Waals surface area contributed by atoms with Crippen LogP contribution in [0.4, 0.5) is 5.69 Å². The zero-order chi connectivity index (χ0) is 22.8. The second-order valence-electron chi connectivity index (χ2n) is 7.74. The van der Waals surface area contributed by atoms with Crippen LogP contribution >= 0.6 is 23.8 Å². The summed E-state index contributed by atoms with van der Waals surface area (Å²) in [6, 6.07) is 9.33. The molecule has 0 spiro atoms. The van der Waals surface area contributed by atoms with Crippen LogP contribution in [0.15, 0.2) is 36.5 Å². The molecule has 2 aromatic rings. The highest BCUT2D eigenvalue weighted by atomic mass is 35.5. The minimum atomic E-state index is -0.858. The largest absolute Gasteiger partial charge is 0.474 e. The van der Waals surface area contributed by atoms with Gasteiger partial charge < -0.3 is 20.3 Å². The van der Waals surface area contributed by atoms with Crippen molar-refractivity contribution in [2.75, 3.05) is 32.6 Å². The van der Waals surface area contributed by atoms with Crippen LogP contribution in [0.3, 0.4) is 0 Å². The van der Waals surface area contributed by atoms with E-state index < -0.39 is 5.41 Å². The van der Waals surface area contributed by atoms with E-state index in [4.69, 9.17) is 28.6 Å². The summed E-state index contributed by atoms with van der Waals surface area (Å²) >= 11 is 11.2. The minimum absolute atomic E-state index is 0.164. The molecule has 0 atom stereocenters. The summed E-state index contributed by atoms with van der Waals surface area (Å²) in [5, 5.41) is 5.96. The number of anilines is 1. The Morgan fingerprint density at radius 2 is 1.97 bits per heavy atom. The maximum atomic E-state index is 13.7. The van der Waals surface area contributed by atoms with Crippen LogP contribution < -0.4 is 10.6 Å². The van der Waals surface area contributed by atoms with Crippen LogP contribution in [0.2, 0.25) is 5.15 Å². The third kappa shape index (κ3) is 4.36. The second kappa shape index (κ2) is 9.20. The molecule has 1 aromatic carbocycles. The maximum Gasteiger partial charge on any atom is 0.259 e. The molecule has 164 valence electrons. The first-order chi connectivity index (χ1) is 14.7. The van der Waals surface area contributed by atoms with E-state index in [2.05, 4.69) is 29.5 Å². The lowest BCUT2D eigenvalue weighted by atomic mass is 9.70. The Morgan fingerprint density at radius 1 is 1.29 bits per heavy atom. The summed E-state index contributed by atoms with van der Waals surface area (Å²) in [5.74, 6) is -0.389. The summed E-state index contributed by atoms with van der Waals surface area (Å²) in [6.45, 7) is 4.91. The van der Waals surface area contributed by atoms with Gasteiger partial charge in [-0.3, -0.25) is 9.59 Å². The number of thiocarbonyl (C=S) groups is 1. The van der Waals surface area contributed by atoms with Gasteiger partial charge in [0.2, 0.25) is 5.91 Å². The lowest BCUT2D eigenvalue weighted by molar-refractivity contribution is -0.126. The van der Waals surface area contributed by atoms with E-state index in [1.807, 2.05) is 29.2 Å². The number of rotatable bonds is 5. The number of aromatic nitrogens is 1. The third-order valence-electron chi connectivity index (χ3n) is 5.48. The van der Waals surface area contributed by atoms with Gasteiger partial charge in [0.25, 0.3) is 11.1 Å². The van der Waals surface area contributed by atoms with E-state index in [1.165, 1.54) is 26.4 Å². The van der Waals surface area contributed by atoms with E-state index in [1.54, 1.807) is 0 Å². The first-order valence-corrected chi connectivity index (χ1v) is 10.6. The summed E-state index contributed by atoms with van der Waals surface area (Å²) in [5.41, 5.74) is 1.69. The van der Waals surface area contributed by atoms with Crippen molar-refractivity contribution in [3.8, 4) is 0 Å². The van der Waals surface area contributed by atoms with Crippen molar-refractivity contribution in [3.63, 3.8) is 0 Å². The predicted octanol–water partition coefficient (Wildman–Crippen LogP) is 3.34. The van der Waals surface area contributed by atoms with Crippen molar-refractivity contribution in [2.45, 2.75) is 25.2 Å². The van der Waals surface area contributed by atoms with E-state index in [0.717, 1.165) is 11.1 Å². The zero-order valence-corrected chi connectivity index (χ0v) is 19.4. The maximum absolute atomic E-state index is 13.7. The normalized spacial score (nSPS) is 14.6. The molecule has 0 bridgehead atoms. The number of likely N-dealkylation sites (tertiary alicyclic amines) is 1. The molecule has 1 aromatic heterocycles. The number of methoxy groups -OCH3 is 1. The van der Waals surface area contributed by atoms with Crippen molar-refractivity contribution < 1.29 is 14.3 Å². The standard InChI is InChI=1S/C22H25ClN4O3S/c1-13(2)14-7-5-6-8-16(14)22(11-27(12-22)21(31)30-4)20(29)26-17-10-25-18(23)9-15(17)19(28)24-3/h5-10,13H,11-12H2,1-4H3,(H,24,28)(H,26,29). The number of nitrogens with zero attached hydrogens (tertiary/aromatic N) is 2. The first-order valence-electron chi connectivity index (χ1n) is 9.85. The number of pyridine rings is 1. The van der Waals surface area contributed by atoms with Crippen LogP contribution in [-0.2, 0) is 14.9 Å². The molecule has 7 nitrogen and oxygen atoms in total. The third-order valence-corrected chi connectivity index (χ3v) is 6.11. The van der Waals surface area contributed by atoms with Gasteiger partial charge in [-0.1, -0.05) is 49.7 Å². The molecule has 2 amide bonds. The molecule has 1 fully saturated rings.